The zero-order valence-electron chi connectivity index (χ0n) is 18.6. The van der Waals surface area contributed by atoms with Gasteiger partial charge >= 0.3 is 0 Å². The maximum atomic E-state index is 13.4. The molecule has 0 radical (unpaired) electrons. The Morgan fingerprint density at radius 1 is 1.03 bits per heavy atom. The molecule has 6 rings (SSSR count). The molecule has 0 saturated carbocycles. The first-order chi connectivity index (χ1) is 16.6. The minimum Gasteiger partial charge on any atom is -0.502 e. The third-order valence-corrected chi connectivity index (χ3v) is 7.84. The van der Waals surface area contributed by atoms with E-state index >= 15 is 0 Å². The normalized spacial score (nSPS) is 21.9. The van der Waals surface area contributed by atoms with Crippen LogP contribution >= 0.6 is 11.8 Å². The highest BCUT2D eigenvalue weighted by molar-refractivity contribution is 7.99. The number of carbonyl (C=O) groups is 1. The van der Waals surface area contributed by atoms with Crippen LogP contribution in [0.25, 0.3) is 0 Å². The van der Waals surface area contributed by atoms with Crippen molar-refractivity contribution < 1.29 is 14.6 Å². The molecule has 1 fully saturated rings. The SMILES string of the molecule is O=C1c2c(O)c(=O)ccn2N(C2c3cccc(c3)CCCSc3cccc2c3)C2COCCN12. The lowest BCUT2D eigenvalue weighted by atomic mass is 9.94. The van der Waals surface area contributed by atoms with Crippen molar-refractivity contribution >= 4 is 17.7 Å². The molecule has 2 aromatic carbocycles. The summed E-state index contributed by atoms with van der Waals surface area (Å²) in [6, 6.07) is 18.1. The van der Waals surface area contributed by atoms with Crippen molar-refractivity contribution in [1.82, 2.24) is 9.58 Å². The fourth-order valence-electron chi connectivity index (χ4n) is 5.19. The molecule has 1 amide bonds. The van der Waals surface area contributed by atoms with Gasteiger partial charge in [0.25, 0.3) is 5.91 Å². The van der Waals surface area contributed by atoms with Gasteiger partial charge in [-0.15, -0.1) is 11.8 Å². The van der Waals surface area contributed by atoms with E-state index in [0.29, 0.717) is 19.8 Å². The van der Waals surface area contributed by atoms with Gasteiger partial charge in [-0.25, -0.2) is 0 Å². The molecule has 2 atom stereocenters. The third-order valence-electron chi connectivity index (χ3n) is 6.76. The lowest BCUT2D eigenvalue weighted by Crippen LogP contribution is -2.66. The van der Waals surface area contributed by atoms with Crippen LogP contribution in [0.1, 0.15) is 39.6 Å². The number of aryl methyl sites for hydroxylation is 1. The summed E-state index contributed by atoms with van der Waals surface area (Å²) in [6.45, 7) is 1.15. The van der Waals surface area contributed by atoms with Gasteiger partial charge in [0, 0.05) is 23.7 Å². The first kappa shape index (κ1) is 21.3. The Kier molecular flexibility index (Phi) is 5.34. The smallest absolute Gasteiger partial charge is 0.278 e. The lowest BCUT2D eigenvalue weighted by Gasteiger charge is -2.51. The molecular formula is C26H25N3O4S. The second kappa shape index (κ2) is 8.52. The van der Waals surface area contributed by atoms with E-state index in [1.807, 2.05) is 11.8 Å². The Morgan fingerprint density at radius 3 is 2.74 bits per heavy atom. The molecule has 1 aromatic heterocycles. The first-order valence-electron chi connectivity index (χ1n) is 11.6. The number of benzene rings is 2. The van der Waals surface area contributed by atoms with E-state index in [0.717, 1.165) is 29.7 Å². The summed E-state index contributed by atoms with van der Waals surface area (Å²) in [7, 11) is 0. The Balaban J connectivity index is 1.62. The maximum Gasteiger partial charge on any atom is 0.278 e. The van der Waals surface area contributed by atoms with E-state index in [-0.39, 0.29) is 23.8 Å². The van der Waals surface area contributed by atoms with Gasteiger partial charge in [0.05, 0.1) is 19.3 Å². The molecule has 34 heavy (non-hydrogen) atoms. The summed E-state index contributed by atoms with van der Waals surface area (Å²) in [5, 5.41) is 12.8. The van der Waals surface area contributed by atoms with Crippen LogP contribution in [0.5, 0.6) is 5.75 Å². The van der Waals surface area contributed by atoms with Crippen molar-refractivity contribution in [3.8, 4) is 5.75 Å². The van der Waals surface area contributed by atoms with Crippen LogP contribution in [0.15, 0.2) is 70.5 Å². The fourth-order valence-corrected chi connectivity index (χ4v) is 6.11. The highest BCUT2D eigenvalue weighted by atomic mass is 32.2. The molecule has 1 N–H and O–H groups in total. The molecule has 8 heteroatoms. The Morgan fingerprint density at radius 2 is 1.85 bits per heavy atom. The van der Waals surface area contributed by atoms with Crippen LogP contribution in [0, 0.1) is 0 Å². The first-order valence-corrected chi connectivity index (χ1v) is 12.5. The Bertz CT molecular complexity index is 1270. The number of fused-ring (bicyclic) bond motifs is 6. The number of morpholine rings is 1. The lowest BCUT2D eigenvalue weighted by molar-refractivity contribution is -0.0197. The summed E-state index contributed by atoms with van der Waals surface area (Å²) >= 11 is 1.85. The number of amides is 1. The number of rotatable bonds is 1. The largest absolute Gasteiger partial charge is 0.502 e. The molecule has 3 aromatic rings. The van der Waals surface area contributed by atoms with Crippen molar-refractivity contribution in [1.29, 1.82) is 0 Å². The summed E-state index contributed by atoms with van der Waals surface area (Å²) in [5.74, 6) is 0.171. The zero-order valence-corrected chi connectivity index (χ0v) is 19.4. The summed E-state index contributed by atoms with van der Waals surface area (Å²) in [5.41, 5.74) is 2.88. The van der Waals surface area contributed by atoms with Gasteiger partial charge in [0.15, 0.2) is 11.4 Å². The van der Waals surface area contributed by atoms with Gasteiger partial charge in [0.1, 0.15) is 6.17 Å². The van der Waals surface area contributed by atoms with Crippen molar-refractivity contribution in [3.05, 3.63) is 93.4 Å². The number of carbonyl (C=O) groups excluding carboxylic acids is 1. The Labute approximate surface area is 201 Å². The molecule has 4 bridgehead atoms. The fraction of sp³-hybridized carbons (Fsp3) is 0.308. The number of nitrogens with zero attached hydrogens (tertiary/aromatic N) is 3. The van der Waals surface area contributed by atoms with Crippen LogP contribution in [-0.2, 0) is 11.2 Å². The van der Waals surface area contributed by atoms with Crippen LogP contribution in [0.3, 0.4) is 0 Å². The summed E-state index contributed by atoms with van der Waals surface area (Å²) in [4.78, 5) is 28.6. The molecule has 3 aliphatic rings. The van der Waals surface area contributed by atoms with Gasteiger partial charge in [-0.05, 0) is 47.4 Å². The number of thioether (sulfide) groups is 1. The topological polar surface area (TPSA) is 75.0 Å². The molecule has 3 aliphatic heterocycles. The quantitative estimate of drug-likeness (QED) is 0.583. The van der Waals surface area contributed by atoms with E-state index in [1.54, 1.807) is 15.8 Å². The minimum atomic E-state index is -0.561. The molecule has 7 nitrogen and oxygen atoms in total. The molecule has 2 unspecified atom stereocenters. The number of ether oxygens (including phenoxy) is 1. The van der Waals surface area contributed by atoms with Crippen molar-refractivity contribution in [3.63, 3.8) is 0 Å². The van der Waals surface area contributed by atoms with Gasteiger partial charge in [-0.3, -0.25) is 19.3 Å². The van der Waals surface area contributed by atoms with Gasteiger partial charge in [0.2, 0.25) is 5.43 Å². The molecule has 1 saturated heterocycles. The Hall–Kier alpha value is -3.23. The predicted molar refractivity (Wildman–Crippen MR) is 130 cm³/mol. The number of hydrogen-bond acceptors (Lipinski definition) is 6. The van der Waals surface area contributed by atoms with Crippen molar-refractivity contribution in [2.24, 2.45) is 0 Å². The van der Waals surface area contributed by atoms with Crippen molar-refractivity contribution in [2.45, 2.75) is 29.9 Å². The molecule has 0 spiro atoms. The zero-order chi connectivity index (χ0) is 23.2. The van der Waals surface area contributed by atoms with E-state index in [1.165, 1.54) is 16.5 Å². The number of hydrogen-bond donors (Lipinski definition) is 1. The average molecular weight is 476 g/mol. The average Bonchev–Trinajstić information content (AvgIpc) is 2.87. The van der Waals surface area contributed by atoms with E-state index < -0.39 is 11.2 Å². The van der Waals surface area contributed by atoms with E-state index in [9.17, 15) is 14.7 Å². The molecule has 4 heterocycles. The minimum absolute atomic E-state index is 0.00153. The third kappa shape index (κ3) is 3.49. The van der Waals surface area contributed by atoms with Gasteiger partial charge in [-0.1, -0.05) is 36.4 Å². The summed E-state index contributed by atoms with van der Waals surface area (Å²) in [6.07, 6.45) is 3.29. The van der Waals surface area contributed by atoms with E-state index in [4.69, 9.17) is 4.74 Å². The van der Waals surface area contributed by atoms with Crippen molar-refractivity contribution in [2.75, 3.05) is 30.5 Å². The van der Waals surface area contributed by atoms with Crippen LogP contribution in [0.4, 0.5) is 0 Å². The predicted octanol–water partition coefficient (Wildman–Crippen LogP) is 3.13. The highest BCUT2D eigenvalue weighted by Gasteiger charge is 2.44. The van der Waals surface area contributed by atoms with Gasteiger partial charge < -0.3 is 14.7 Å². The number of pyridine rings is 1. The second-order valence-corrected chi connectivity index (χ2v) is 10.00. The molecular weight excluding hydrogens is 450 g/mol. The summed E-state index contributed by atoms with van der Waals surface area (Å²) < 4.78 is 7.49. The number of aromatic hydroxyl groups is 1. The molecule has 174 valence electrons. The highest BCUT2D eigenvalue weighted by Crippen LogP contribution is 2.37. The van der Waals surface area contributed by atoms with Crippen LogP contribution in [0.2, 0.25) is 0 Å². The number of aromatic nitrogens is 1. The van der Waals surface area contributed by atoms with E-state index in [2.05, 4.69) is 53.5 Å². The maximum absolute atomic E-state index is 13.4. The molecule has 0 aliphatic carbocycles. The second-order valence-electron chi connectivity index (χ2n) is 8.83. The van der Waals surface area contributed by atoms with Crippen LogP contribution < -0.4 is 10.4 Å². The standard InChI is InChI=1S/C26H25N3O4S/c30-21-9-10-28-24(25(21)31)26(32)27-11-12-33-16-22(27)29(28)23-18-6-1-4-17(14-18)5-3-13-34-20-8-2-7-19(23)15-20/h1-2,4,6-10,14-15,22-23,31H,3,5,11-13,16H2. The van der Waals surface area contributed by atoms with Crippen LogP contribution in [-0.4, -0.2) is 52.3 Å². The van der Waals surface area contributed by atoms with Gasteiger partial charge in [-0.2, -0.15) is 0 Å². The monoisotopic (exact) mass is 475 g/mol.